The monoisotopic (exact) mass is 615 g/mol. The first-order valence-electron chi connectivity index (χ1n) is 16.6. The third-order valence-corrected chi connectivity index (χ3v) is 8.76. The third kappa shape index (κ3) is 8.63. The third-order valence-electron chi connectivity index (χ3n) is 8.76. The summed E-state index contributed by atoms with van der Waals surface area (Å²) in [5.41, 5.74) is 4.13. The molecular weight excluding hydrogens is 569 g/mol. The lowest BCUT2D eigenvalue weighted by Gasteiger charge is -2.34. The number of benzene rings is 3. The van der Waals surface area contributed by atoms with Crippen LogP contribution in [0.15, 0.2) is 60.7 Å². The first-order chi connectivity index (χ1) is 21.9. The van der Waals surface area contributed by atoms with Crippen LogP contribution in [0.3, 0.4) is 0 Å². The number of anilines is 2. The van der Waals surface area contributed by atoms with Gasteiger partial charge in [-0.25, -0.2) is 4.39 Å². The highest BCUT2D eigenvalue weighted by Gasteiger charge is 2.25. The molecule has 5 rings (SSSR count). The van der Waals surface area contributed by atoms with Crippen molar-refractivity contribution in [3.05, 3.63) is 83.2 Å². The second-order valence-electron chi connectivity index (χ2n) is 12.0. The molecule has 2 aliphatic rings. The Morgan fingerprint density at radius 1 is 0.867 bits per heavy atom. The molecule has 0 atom stereocenters. The van der Waals surface area contributed by atoms with Crippen molar-refractivity contribution in [2.24, 2.45) is 0 Å². The van der Waals surface area contributed by atoms with Crippen molar-refractivity contribution in [3.63, 3.8) is 0 Å². The van der Waals surface area contributed by atoms with E-state index in [2.05, 4.69) is 9.80 Å². The molecule has 0 aromatic heterocycles. The largest absolute Gasteiger partial charge is 0.492 e. The van der Waals surface area contributed by atoms with E-state index in [0.29, 0.717) is 49.7 Å². The SMILES string of the molecule is CCCCC(=O)Oc1ccc2c(c1)CCN(c1ccc(F)cc1N(CC)C(=O)c1ccc(OCCN3CCCCCC3)cc1)C2. The topological polar surface area (TPSA) is 62.3 Å². The highest BCUT2D eigenvalue weighted by atomic mass is 19.1. The summed E-state index contributed by atoms with van der Waals surface area (Å²) < 4.78 is 26.2. The van der Waals surface area contributed by atoms with Crippen LogP contribution in [0.4, 0.5) is 15.8 Å². The number of amides is 1. The number of unbranched alkanes of at least 4 members (excludes halogenated alkanes) is 1. The quantitative estimate of drug-likeness (QED) is 0.156. The molecular formula is C37H46FN3O4. The minimum absolute atomic E-state index is 0.188. The molecule has 3 aromatic rings. The van der Waals surface area contributed by atoms with Gasteiger partial charge in [0.2, 0.25) is 0 Å². The number of likely N-dealkylation sites (tertiary alicyclic amines) is 1. The predicted molar refractivity (Wildman–Crippen MR) is 177 cm³/mol. The van der Waals surface area contributed by atoms with Crippen molar-refractivity contribution in [2.45, 2.75) is 71.8 Å². The molecule has 7 nitrogen and oxygen atoms in total. The number of hydrogen-bond donors (Lipinski definition) is 0. The van der Waals surface area contributed by atoms with Crippen molar-refractivity contribution in [3.8, 4) is 11.5 Å². The van der Waals surface area contributed by atoms with Gasteiger partial charge >= 0.3 is 5.97 Å². The summed E-state index contributed by atoms with van der Waals surface area (Å²) in [6.07, 6.45) is 8.04. The van der Waals surface area contributed by atoms with Crippen molar-refractivity contribution < 1.29 is 23.5 Å². The number of esters is 1. The summed E-state index contributed by atoms with van der Waals surface area (Å²) in [5.74, 6) is 0.525. The number of fused-ring (bicyclic) bond motifs is 1. The zero-order chi connectivity index (χ0) is 31.6. The second-order valence-corrected chi connectivity index (χ2v) is 12.0. The standard InChI is InChI=1S/C37H46FN3O4/c1-3-5-10-36(42)45-33-17-13-30-27-40(22-19-29(30)25-33)34-18-14-31(38)26-35(34)41(4-2)37(43)28-11-15-32(16-12-28)44-24-23-39-20-8-6-7-9-21-39/h11-18,25-26H,3-10,19-24,27H2,1-2H3. The van der Waals surface area contributed by atoms with Gasteiger partial charge in [0, 0.05) is 38.2 Å². The van der Waals surface area contributed by atoms with E-state index >= 15 is 0 Å². The molecule has 1 saturated heterocycles. The fraction of sp³-hybridized carbons (Fsp3) is 0.459. The molecule has 0 N–H and O–H groups in total. The highest BCUT2D eigenvalue weighted by Crippen LogP contribution is 2.35. The second kappa shape index (κ2) is 15.9. The minimum atomic E-state index is -0.389. The molecule has 0 spiro atoms. The Balaban J connectivity index is 1.25. The Kier molecular flexibility index (Phi) is 11.5. The Hall–Kier alpha value is -3.91. The fourth-order valence-electron chi connectivity index (χ4n) is 6.21. The van der Waals surface area contributed by atoms with Crippen LogP contribution >= 0.6 is 0 Å². The van der Waals surface area contributed by atoms with E-state index in [1.807, 2.05) is 44.2 Å². The van der Waals surface area contributed by atoms with Gasteiger partial charge in [0.25, 0.3) is 5.91 Å². The molecule has 1 fully saturated rings. The van der Waals surface area contributed by atoms with Gasteiger partial charge in [0.05, 0.1) is 11.4 Å². The van der Waals surface area contributed by atoms with Crippen LogP contribution in [0.1, 0.15) is 80.3 Å². The first kappa shape index (κ1) is 32.5. The highest BCUT2D eigenvalue weighted by molar-refractivity contribution is 6.07. The molecule has 8 heteroatoms. The molecule has 45 heavy (non-hydrogen) atoms. The van der Waals surface area contributed by atoms with Gasteiger partial charge in [0.15, 0.2) is 0 Å². The molecule has 3 aromatic carbocycles. The molecule has 2 heterocycles. The summed E-state index contributed by atoms with van der Waals surface area (Å²) in [6.45, 7) is 9.42. The van der Waals surface area contributed by atoms with Crippen LogP contribution < -0.4 is 19.3 Å². The minimum Gasteiger partial charge on any atom is -0.492 e. The lowest BCUT2D eigenvalue weighted by atomic mass is 9.98. The van der Waals surface area contributed by atoms with Crippen LogP contribution in [0, 0.1) is 5.82 Å². The summed E-state index contributed by atoms with van der Waals surface area (Å²) in [6, 6.07) is 17.7. The Morgan fingerprint density at radius 3 is 2.36 bits per heavy atom. The average molecular weight is 616 g/mol. The Morgan fingerprint density at radius 2 is 1.62 bits per heavy atom. The van der Waals surface area contributed by atoms with Crippen LogP contribution in [-0.2, 0) is 17.8 Å². The number of ether oxygens (including phenoxy) is 2. The van der Waals surface area contributed by atoms with Crippen molar-refractivity contribution in [1.82, 2.24) is 4.90 Å². The summed E-state index contributed by atoms with van der Waals surface area (Å²) >= 11 is 0. The van der Waals surface area contributed by atoms with E-state index in [0.717, 1.165) is 61.5 Å². The van der Waals surface area contributed by atoms with Gasteiger partial charge in [-0.3, -0.25) is 14.5 Å². The molecule has 0 aliphatic carbocycles. The maximum absolute atomic E-state index is 14.7. The number of carbonyl (C=O) groups is 2. The molecule has 2 aliphatic heterocycles. The van der Waals surface area contributed by atoms with E-state index in [-0.39, 0.29) is 17.7 Å². The zero-order valence-corrected chi connectivity index (χ0v) is 26.7. The fourth-order valence-corrected chi connectivity index (χ4v) is 6.21. The van der Waals surface area contributed by atoms with Gasteiger partial charge in [0.1, 0.15) is 23.9 Å². The summed E-state index contributed by atoms with van der Waals surface area (Å²) in [7, 11) is 0. The number of hydrogen-bond acceptors (Lipinski definition) is 6. The van der Waals surface area contributed by atoms with Crippen molar-refractivity contribution >= 4 is 23.3 Å². The van der Waals surface area contributed by atoms with E-state index in [1.54, 1.807) is 23.1 Å². The van der Waals surface area contributed by atoms with E-state index in [4.69, 9.17) is 9.47 Å². The average Bonchev–Trinajstić information content (AvgIpc) is 3.33. The van der Waals surface area contributed by atoms with Gasteiger partial charge in [-0.2, -0.15) is 0 Å². The van der Waals surface area contributed by atoms with Crippen LogP contribution in [0.5, 0.6) is 11.5 Å². The molecule has 0 bridgehead atoms. The first-order valence-corrected chi connectivity index (χ1v) is 16.6. The molecule has 0 radical (unpaired) electrons. The van der Waals surface area contributed by atoms with Gasteiger partial charge in [-0.05, 0) is 111 Å². The summed E-state index contributed by atoms with van der Waals surface area (Å²) in [5, 5.41) is 0. The number of carbonyl (C=O) groups excluding carboxylic acids is 2. The lowest BCUT2D eigenvalue weighted by Crippen LogP contribution is -2.35. The van der Waals surface area contributed by atoms with Crippen molar-refractivity contribution in [2.75, 3.05) is 49.1 Å². The molecule has 0 saturated carbocycles. The van der Waals surface area contributed by atoms with Crippen LogP contribution in [-0.4, -0.2) is 56.1 Å². The van der Waals surface area contributed by atoms with Crippen molar-refractivity contribution in [1.29, 1.82) is 0 Å². The van der Waals surface area contributed by atoms with Crippen LogP contribution in [0.2, 0.25) is 0 Å². The maximum Gasteiger partial charge on any atom is 0.311 e. The number of nitrogens with zero attached hydrogens (tertiary/aromatic N) is 3. The number of halogens is 1. The lowest BCUT2D eigenvalue weighted by molar-refractivity contribution is -0.134. The van der Waals surface area contributed by atoms with Gasteiger partial charge in [-0.15, -0.1) is 0 Å². The molecule has 240 valence electrons. The van der Waals surface area contributed by atoms with Gasteiger partial charge in [-0.1, -0.05) is 32.3 Å². The Labute approximate surface area is 266 Å². The Bertz CT molecular complexity index is 1440. The molecule has 0 unspecified atom stereocenters. The van der Waals surface area contributed by atoms with Gasteiger partial charge < -0.3 is 19.3 Å². The van der Waals surface area contributed by atoms with Crippen LogP contribution in [0.25, 0.3) is 0 Å². The normalized spacial score (nSPS) is 15.2. The maximum atomic E-state index is 14.7. The van der Waals surface area contributed by atoms with E-state index < -0.39 is 0 Å². The molecule has 1 amide bonds. The van der Waals surface area contributed by atoms with E-state index in [1.165, 1.54) is 37.8 Å². The summed E-state index contributed by atoms with van der Waals surface area (Å²) in [4.78, 5) is 32.2. The number of rotatable bonds is 12. The smallest absolute Gasteiger partial charge is 0.311 e. The zero-order valence-electron chi connectivity index (χ0n) is 26.7. The predicted octanol–water partition coefficient (Wildman–Crippen LogP) is 7.41. The van der Waals surface area contributed by atoms with E-state index in [9.17, 15) is 14.0 Å².